The van der Waals surface area contributed by atoms with Gasteiger partial charge in [0.2, 0.25) is 5.91 Å². The summed E-state index contributed by atoms with van der Waals surface area (Å²) in [6, 6.07) is 6.41. The van der Waals surface area contributed by atoms with Gasteiger partial charge in [-0.25, -0.2) is 14.4 Å². The highest BCUT2D eigenvalue weighted by molar-refractivity contribution is 5.90. The second-order valence-corrected chi connectivity index (χ2v) is 8.23. The first kappa shape index (κ1) is 27.7. The minimum atomic E-state index is -1.34. The third-order valence-electron chi connectivity index (χ3n) is 4.16. The third-order valence-corrected chi connectivity index (χ3v) is 4.16. The van der Waals surface area contributed by atoms with Gasteiger partial charge in [0.25, 0.3) is 0 Å². The second kappa shape index (κ2) is 13.3. The smallest absolute Gasteiger partial charge is 0.408 e. The summed E-state index contributed by atoms with van der Waals surface area (Å²) in [5.41, 5.74) is 0.0471. The molecule has 11 heteroatoms. The monoisotopic (exact) mass is 467 g/mol. The highest BCUT2D eigenvalue weighted by atomic mass is 16.6. The van der Waals surface area contributed by atoms with E-state index in [9.17, 15) is 24.3 Å². The lowest BCUT2D eigenvalue weighted by molar-refractivity contribution is -0.148. The van der Waals surface area contributed by atoms with Gasteiger partial charge in [0.15, 0.2) is 6.04 Å². The number of esters is 1. The number of aliphatic hydroxyl groups is 1. The predicted octanol–water partition coefficient (Wildman–Crippen LogP) is 1.23. The van der Waals surface area contributed by atoms with Gasteiger partial charge in [-0.3, -0.25) is 4.79 Å². The van der Waals surface area contributed by atoms with Crippen molar-refractivity contribution in [3.8, 4) is 0 Å². The molecule has 0 bridgehead atoms. The van der Waals surface area contributed by atoms with Gasteiger partial charge in [-0.1, -0.05) is 30.3 Å². The van der Waals surface area contributed by atoms with Crippen LogP contribution in [0.2, 0.25) is 0 Å². The Hall–Kier alpha value is -3.34. The number of ether oxygens (including phenoxy) is 3. The molecule has 3 atom stereocenters. The largest absolute Gasteiger partial charge is 0.467 e. The molecule has 0 aliphatic heterocycles. The standard InChI is InChI=1S/C22H33N3O8/c1-14(26)17(19(28)31-5)25-18(27)16(11-12-23-20(29)33-22(2,3)4)24-21(30)32-13-15-9-7-6-8-10-15/h6-10,14,16-17,26H,11-13H2,1-5H3,(H,23,29)(H,24,30)(H,25,27)/t14-,16+,17+/m1/s1. The molecule has 3 amide bonds. The minimum Gasteiger partial charge on any atom is -0.467 e. The van der Waals surface area contributed by atoms with Gasteiger partial charge < -0.3 is 35.3 Å². The first-order chi connectivity index (χ1) is 15.4. The van der Waals surface area contributed by atoms with Crippen molar-refractivity contribution in [2.24, 2.45) is 0 Å². The number of rotatable bonds is 10. The molecule has 0 aliphatic carbocycles. The van der Waals surface area contributed by atoms with E-state index >= 15 is 0 Å². The highest BCUT2D eigenvalue weighted by Crippen LogP contribution is 2.07. The molecule has 0 aromatic heterocycles. The van der Waals surface area contributed by atoms with Crippen LogP contribution in [0.5, 0.6) is 0 Å². The van der Waals surface area contributed by atoms with E-state index < -0.39 is 47.9 Å². The van der Waals surface area contributed by atoms with Crippen molar-refractivity contribution in [3.05, 3.63) is 35.9 Å². The van der Waals surface area contributed by atoms with Crippen molar-refractivity contribution < 1.29 is 38.5 Å². The van der Waals surface area contributed by atoms with E-state index in [-0.39, 0.29) is 19.6 Å². The number of hydrogen-bond acceptors (Lipinski definition) is 8. The quantitative estimate of drug-likeness (QED) is 0.296. The molecule has 33 heavy (non-hydrogen) atoms. The lowest BCUT2D eigenvalue weighted by Crippen LogP contribution is -2.55. The van der Waals surface area contributed by atoms with Gasteiger partial charge in [-0.2, -0.15) is 0 Å². The zero-order valence-electron chi connectivity index (χ0n) is 19.5. The molecule has 0 radical (unpaired) electrons. The van der Waals surface area contributed by atoms with Crippen LogP contribution in [0.4, 0.5) is 9.59 Å². The van der Waals surface area contributed by atoms with Crippen LogP contribution in [0, 0.1) is 0 Å². The van der Waals surface area contributed by atoms with E-state index in [1.54, 1.807) is 45.0 Å². The fraction of sp³-hybridized carbons (Fsp3) is 0.545. The molecule has 1 aromatic rings. The Labute approximate surface area is 193 Å². The fourth-order valence-electron chi connectivity index (χ4n) is 2.57. The van der Waals surface area contributed by atoms with Crippen molar-refractivity contribution in [2.75, 3.05) is 13.7 Å². The number of alkyl carbamates (subject to hydrolysis) is 2. The normalized spacial score (nSPS) is 13.6. The zero-order chi connectivity index (χ0) is 25.0. The van der Waals surface area contributed by atoms with Gasteiger partial charge >= 0.3 is 18.2 Å². The maximum Gasteiger partial charge on any atom is 0.408 e. The van der Waals surface area contributed by atoms with Crippen molar-refractivity contribution >= 4 is 24.1 Å². The van der Waals surface area contributed by atoms with Gasteiger partial charge in [-0.05, 0) is 39.7 Å². The lowest BCUT2D eigenvalue weighted by atomic mass is 10.1. The predicted molar refractivity (Wildman–Crippen MR) is 118 cm³/mol. The molecule has 0 spiro atoms. The van der Waals surface area contributed by atoms with E-state index in [4.69, 9.17) is 9.47 Å². The molecule has 0 unspecified atom stereocenters. The summed E-state index contributed by atoms with van der Waals surface area (Å²) in [5.74, 6) is -1.62. The molecule has 1 aromatic carbocycles. The van der Waals surface area contributed by atoms with Crippen LogP contribution < -0.4 is 16.0 Å². The van der Waals surface area contributed by atoms with Crippen LogP contribution in [0.1, 0.15) is 39.7 Å². The Bertz CT molecular complexity index is 793. The first-order valence-electron chi connectivity index (χ1n) is 10.4. The molecule has 11 nitrogen and oxygen atoms in total. The highest BCUT2D eigenvalue weighted by Gasteiger charge is 2.30. The summed E-state index contributed by atoms with van der Waals surface area (Å²) in [6.45, 7) is 6.38. The van der Waals surface area contributed by atoms with Crippen molar-refractivity contribution in [3.63, 3.8) is 0 Å². The van der Waals surface area contributed by atoms with Crippen LogP contribution in [0.15, 0.2) is 30.3 Å². The van der Waals surface area contributed by atoms with E-state index in [2.05, 4.69) is 20.7 Å². The Morgan fingerprint density at radius 2 is 1.67 bits per heavy atom. The van der Waals surface area contributed by atoms with Crippen LogP contribution in [-0.2, 0) is 30.4 Å². The number of methoxy groups -OCH3 is 1. The van der Waals surface area contributed by atoms with Gasteiger partial charge in [-0.15, -0.1) is 0 Å². The fourth-order valence-corrected chi connectivity index (χ4v) is 2.57. The molecule has 0 heterocycles. The van der Waals surface area contributed by atoms with E-state index in [0.717, 1.165) is 12.7 Å². The Morgan fingerprint density at radius 3 is 2.21 bits per heavy atom. The molecule has 0 aliphatic rings. The summed E-state index contributed by atoms with van der Waals surface area (Å²) in [5, 5.41) is 17.0. The maximum absolute atomic E-state index is 12.7. The Kier molecular flexibility index (Phi) is 11.1. The Balaban J connectivity index is 2.79. The van der Waals surface area contributed by atoms with Crippen molar-refractivity contribution in [2.45, 2.75) is 64.5 Å². The zero-order valence-corrected chi connectivity index (χ0v) is 19.5. The summed E-state index contributed by atoms with van der Waals surface area (Å²) in [4.78, 5) is 48.7. The SMILES string of the molecule is COC(=O)[C@@H](NC(=O)[C@H](CCNC(=O)OC(C)(C)C)NC(=O)OCc1ccccc1)[C@@H](C)O. The van der Waals surface area contributed by atoms with Crippen molar-refractivity contribution in [1.82, 2.24) is 16.0 Å². The number of hydrogen-bond donors (Lipinski definition) is 4. The van der Waals surface area contributed by atoms with Gasteiger partial charge in [0.1, 0.15) is 18.2 Å². The summed E-state index contributed by atoms with van der Waals surface area (Å²) in [6.07, 6.45) is -2.85. The number of amides is 3. The molecular formula is C22H33N3O8. The van der Waals surface area contributed by atoms with Gasteiger partial charge in [0.05, 0.1) is 13.2 Å². The molecule has 0 fully saturated rings. The van der Waals surface area contributed by atoms with Gasteiger partial charge in [0, 0.05) is 6.54 Å². The summed E-state index contributed by atoms with van der Waals surface area (Å²) >= 11 is 0. The number of carbonyl (C=O) groups excluding carboxylic acids is 4. The average molecular weight is 468 g/mol. The minimum absolute atomic E-state index is 0.0182. The van der Waals surface area contributed by atoms with E-state index in [1.807, 2.05) is 6.07 Å². The average Bonchev–Trinajstić information content (AvgIpc) is 2.73. The number of nitrogens with one attached hydrogen (secondary N) is 3. The van der Waals surface area contributed by atoms with Crippen LogP contribution in [0.3, 0.4) is 0 Å². The second-order valence-electron chi connectivity index (χ2n) is 8.23. The Morgan fingerprint density at radius 1 is 1.03 bits per heavy atom. The molecule has 4 N–H and O–H groups in total. The van der Waals surface area contributed by atoms with E-state index in [1.165, 1.54) is 6.92 Å². The van der Waals surface area contributed by atoms with Crippen LogP contribution in [0.25, 0.3) is 0 Å². The molecule has 0 saturated heterocycles. The molecule has 0 saturated carbocycles. The number of aliphatic hydroxyl groups excluding tert-OH is 1. The lowest BCUT2D eigenvalue weighted by Gasteiger charge is -2.24. The van der Waals surface area contributed by atoms with Crippen LogP contribution >= 0.6 is 0 Å². The molecule has 1 rings (SSSR count). The topological polar surface area (TPSA) is 152 Å². The summed E-state index contributed by atoms with van der Waals surface area (Å²) in [7, 11) is 1.12. The molecule has 184 valence electrons. The van der Waals surface area contributed by atoms with E-state index in [0.29, 0.717) is 0 Å². The summed E-state index contributed by atoms with van der Waals surface area (Å²) < 4.78 is 14.9. The van der Waals surface area contributed by atoms with Crippen molar-refractivity contribution in [1.29, 1.82) is 0 Å². The number of benzene rings is 1. The third kappa shape index (κ3) is 11.2. The van der Waals surface area contributed by atoms with Crippen LogP contribution in [-0.4, -0.2) is 66.6 Å². The maximum atomic E-state index is 12.7. The molecular weight excluding hydrogens is 434 g/mol. The number of carbonyl (C=O) groups is 4. The first-order valence-corrected chi connectivity index (χ1v) is 10.4.